The van der Waals surface area contributed by atoms with E-state index in [-0.39, 0.29) is 17.7 Å². The summed E-state index contributed by atoms with van der Waals surface area (Å²) in [6.07, 6.45) is 1.34. The Hall–Kier alpha value is -1.45. The van der Waals surface area contributed by atoms with Gasteiger partial charge in [0.1, 0.15) is 11.6 Å². The summed E-state index contributed by atoms with van der Waals surface area (Å²) < 4.78 is 26.1. The Morgan fingerprint density at radius 1 is 1.00 bits per heavy atom. The van der Waals surface area contributed by atoms with E-state index in [2.05, 4.69) is 5.32 Å². The van der Waals surface area contributed by atoms with Crippen molar-refractivity contribution in [2.75, 3.05) is 7.05 Å². The van der Waals surface area contributed by atoms with Crippen molar-refractivity contribution in [1.29, 1.82) is 0 Å². The van der Waals surface area contributed by atoms with Gasteiger partial charge >= 0.3 is 0 Å². The second-order valence-electron chi connectivity index (χ2n) is 4.76. The molecule has 0 saturated heterocycles. The largest absolute Gasteiger partial charge is 0.316 e. The standard InChI is InChI=1S/C16H16ClF2N/c1-20-15(8-11-2-4-13(18)5-3-11)10-12-9-14(19)6-7-16(12)17/h2-7,9,15,20H,8,10H2,1H3. The second-order valence-corrected chi connectivity index (χ2v) is 5.16. The minimum atomic E-state index is -0.291. The quantitative estimate of drug-likeness (QED) is 0.879. The van der Waals surface area contributed by atoms with Gasteiger partial charge in [-0.3, -0.25) is 0 Å². The van der Waals surface area contributed by atoms with Gasteiger partial charge in [-0.05, 0) is 61.3 Å². The molecule has 1 atom stereocenters. The highest BCUT2D eigenvalue weighted by Crippen LogP contribution is 2.19. The molecular formula is C16H16ClF2N. The Balaban J connectivity index is 2.08. The maximum Gasteiger partial charge on any atom is 0.123 e. The third kappa shape index (κ3) is 4.02. The molecule has 0 amide bonds. The molecule has 20 heavy (non-hydrogen) atoms. The summed E-state index contributed by atoms with van der Waals surface area (Å²) in [5.74, 6) is -0.538. The zero-order chi connectivity index (χ0) is 14.5. The summed E-state index contributed by atoms with van der Waals surface area (Å²) in [7, 11) is 1.85. The van der Waals surface area contributed by atoms with E-state index in [1.165, 1.54) is 24.3 Å². The van der Waals surface area contributed by atoms with Crippen LogP contribution in [0.25, 0.3) is 0 Å². The Bertz CT molecular complexity index is 569. The van der Waals surface area contributed by atoms with E-state index < -0.39 is 0 Å². The fraction of sp³-hybridized carbons (Fsp3) is 0.250. The number of halogens is 3. The fourth-order valence-electron chi connectivity index (χ4n) is 2.15. The Kier molecular flexibility index (Phi) is 5.10. The molecule has 0 spiro atoms. The summed E-state index contributed by atoms with van der Waals surface area (Å²) in [5.41, 5.74) is 1.80. The first-order valence-electron chi connectivity index (χ1n) is 6.44. The van der Waals surface area contributed by atoms with E-state index in [1.807, 2.05) is 7.05 Å². The molecule has 0 aliphatic carbocycles. The van der Waals surface area contributed by atoms with Gasteiger partial charge in [-0.1, -0.05) is 23.7 Å². The minimum absolute atomic E-state index is 0.111. The van der Waals surface area contributed by atoms with E-state index in [0.29, 0.717) is 11.4 Å². The second kappa shape index (κ2) is 6.82. The number of hydrogen-bond acceptors (Lipinski definition) is 1. The summed E-state index contributed by atoms with van der Waals surface area (Å²) in [6.45, 7) is 0. The van der Waals surface area contributed by atoms with Gasteiger partial charge in [0, 0.05) is 11.1 Å². The molecule has 1 nitrogen and oxygen atoms in total. The fourth-order valence-corrected chi connectivity index (χ4v) is 2.34. The van der Waals surface area contributed by atoms with Gasteiger partial charge in [0.15, 0.2) is 0 Å². The molecule has 2 aromatic rings. The van der Waals surface area contributed by atoms with Crippen molar-refractivity contribution >= 4 is 11.6 Å². The molecular weight excluding hydrogens is 280 g/mol. The Morgan fingerprint density at radius 2 is 1.65 bits per heavy atom. The van der Waals surface area contributed by atoms with Gasteiger partial charge in [0.05, 0.1) is 0 Å². The molecule has 1 N–H and O–H groups in total. The van der Waals surface area contributed by atoms with Crippen LogP contribution in [0.1, 0.15) is 11.1 Å². The van der Waals surface area contributed by atoms with E-state index in [0.717, 1.165) is 17.5 Å². The van der Waals surface area contributed by atoms with Crippen LogP contribution >= 0.6 is 11.6 Å². The zero-order valence-electron chi connectivity index (χ0n) is 11.2. The number of hydrogen-bond donors (Lipinski definition) is 1. The third-order valence-electron chi connectivity index (χ3n) is 3.28. The van der Waals surface area contributed by atoms with Crippen LogP contribution in [0.3, 0.4) is 0 Å². The lowest BCUT2D eigenvalue weighted by Gasteiger charge is -2.17. The maximum absolute atomic E-state index is 13.3. The molecule has 106 valence electrons. The SMILES string of the molecule is CNC(Cc1ccc(F)cc1)Cc1cc(F)ccc1Cl. The number of benzene rings is 2. The van der Waals surface area contributed by atoms with Crippen molar-refractivity contribution in [3.63, 3.8) is 0 Å². The van der Waals surface area contributed by atoms with Gasteiger partial charge < -0.3 is 5.32 Å². The van der Waals surface area contributed by atoms with Crippen LogP contribution in [0.5, 0.6) is 0 Å². The summed E-state index contributed by atoms with van der Waals surface area (Å²) >= 11 is 6.08. The molecule has 2 rings (SSSR count). The van der Waals surface area contributed by atoms with Crippen molar-refractivity contribution < 1.29 is 8.78 Å². The Morgan fingerprint density at radius 3 is 2.30 bits per heavy atom. The van der Waals surface area contributed by atoms with Crippen molar-refractivity contribution in [2.24, 2.45) is 0 Å². The first-order valence-corrected chi connectivity index (χ1v) is 6.82. The lowest BCUT2D eigenvalue weighted by Crippen LogP contribution is -2.30. The van der Waals surface area contributed by atoms with E-state index in [1.54, 1.807) is 18.2 Å². The van der Waals surface area contributed by atoms with Crippen LogP contribution in [0, 0.1) is 11.6 Å². The van der Waals surface area contributed by atoms with Crippen LogP contribution < -0.4 is 5.32 Å². The van der Waals surface area contributed by atoms with Crippen molar-refractivity contribution in [1.82, 2.24) is 5.32 Å². The lowest BCUT2D eigenvalue weighted by molar-refractivity contribution is 0.551. The van der Waals surface area contributed by atoms with Crippen LogP contribution in [-0.2, 0) is 12.8 Å². The predicted molar refractivity (Wildman–Crippen MR) is 78.1 cm³/mol. The first kappa shape index (κ1) is 14.9. The topological polar surface area (TPSA) is 12.0 Å². The summed E-state index contributed by atoms with van der Waals surface area (Å²) in [6, 6.07) is 10.9. The van der Waals surface area contributed by atoms with E-state index in [4.69, 9.17) is 11.6 Å². The van der Waals surface area contributed by atoms with Crippen molar-refractivity contribution in [3.8, 4) is 0 Å². The van der Waals surface area contributed by atoms with Gasteiger partial charge in [-0.25, -0.2) is 8.78 Å². The molecule has 0 saturated carbocycles. The molecule has 0 bridgehead atoms. The molecule has 0 aliphatic heterocycles. The Labute approximate surface area is 122 Å². The summed E-state index contributed by atoms with van der Waals surface area (Å²) in [5, 5.41) is 3.75. The molecule has 0 aliphatic rings. The average Bonchev–Trinajstić information content (AvgIpc) is 2.44. The predicted octanol–water partition coefficient (Wildman–Crippen LogP) is 3.99. The van der Waals surface area contributed by atoms with E-state index >= 15 is 0 Å². The van der Waals surface area contributed by atoms with Crippen LogP contribution in [0.2, 0.25) is 5.02 Å². The maximum atomic E-state index is 13.3. The van der Waals surface area contributed by atoms with Gasteiger partial charge in [0.2, 0.25) is 0 Å². The normalized spacial score (nSPS) is 12.4. The summed E-state index contributed by atoms with van der Waals surface area (Å²) in [4.78, 5) is 0. The number of rotatable bonds is 5. The first-order chi connectivity index (χ1) is 9.58. The molecule has 2 aromatic carbocycles. The van der Waals surface area contributed by atoms with Gasteiger partial charge in [-0.2, -0.15) is 0 Å². The molecule has 0 aromatic heterocycles. The molecule has 0 heterocycles. The highest BCUT2D eigenvalue weighted by atomic mass is 35.5. The zero-order valence-corrected chi connectivity index (χ0v) is 11.9. The van der Waals surface area contributed by atoms with Crippen LogP contribution in [-0.4, -0.2) is 13.1 Å². The monoisotopic (exact) mass is 295 g/mol. The average molecular weight is 296 g/mol. The van der Waals surface area contributed by atoms with Gasteiger partial charge in [-0.15, -0.1) is 0 Å². The van der Waals surface area contributed by atoms with Gasteiger partial charge in [0.25, 0.3) is 0 Å². The molecule has 4 heteroatoms. The minimum Gasteiger partial charge on any atom is -0.316 e. The highest BCUT2D eigenvalue weighted by molar-refractivity contribution is 6.31. The van der Waals surface area contributed by atoms with Crippen molar-refractivity contribution in [3.05, 3.63) is 70.2 Å². The molecule has 0 radical (unpaired) electrons. The highest BCUT2D eigenvalue weighted by Gasteiger charge is 2.11. The van der Waals surface area contributed by atoms with Crippen LogP contribution in [0.4, 0.5) is 8.78 Å². The number of nitrogens with one attached hydrogen (secondary N) is 1. The lowest BCUT2D eigenvalue weighted by atomic mass is 9.99. The third-order valence-corrected chi connectivity index (χ3v) is 3.65. The smallest absolute Gasteiger partial charge is 0.123 e. The number of likely N-dealkylation sites (N-methyl/N-ethyl adjacent to an activating group) is 1. The molecule has 1 unspecified atom stereocenters. The van der Waals surface area contributed by atoms with Crippen LogP contribution in [0.15, 0.2) is 42.5 Å². The van der Waals surface area contributed by atoms with E-state index in [9.17, 15) is 8.78 Å². The molecule has 0 fully saturated rings. The van der Waals surface area contributed by atoms with Crippen molar-refractivity contribution in [2.45, 2.75) is 18.9 Å².